The van der Waals surface area contributed by atoms with Crippen LogP contribution in [0.3, 0.4) is 0 Å². The van der Waals surface area contributed by atoms with Crippen LogP contribution in [0.15, 0.2) is 71.3 Å². The fraction of sp³-hybridized carbons (Fsp3) is 0.320. The number of hydrogen-bond acceptors (Lipinski definition) is 4. The van der Waals surface area contributed by atoms with Gasteiger partial charge in [0.05, 0.1) is 25.0 Å². The molecule has 0 spiro atoms. The monoisotopic (exact) mass is 404 g/mol. The second kappa shape index (κ2) is 8.27. The normalized spacial score (nSPS) is 18.3. The molecule has 5 nitrogen and oxygen atoms in total. The van der Waals surface area contributed by atoms with Gasteiger partial charge in [0.15, 0.2) is 0 Å². The van der Waals surface area contributed by atoms with Crippen molar-refractivity contribution in [3.8, 4) is 5.75 Å². The first-order valence-electron chi connectivity index (χ1n) is 10.4. The second-order valence-corrected chi connectivity index (χ2v) is 8.27. The molecule has 1 aliphatic heterocycles. The van der Waals surface area contributed by atoms with Crippen LogP contribution in [0.1, 0.15) is 48.9 Å². The zero-order valence-corrected chi connectivity index (χ0v) is 17.7. The summed E-state index contributed by atoms with van der Waals surface area (Å²) < 4.78 is 11.4. The Morgan fingerprint density at radius 3 is 2.53 bits per heavy atom. The van der Waals surface area contributed by atoms with Gasteiger partial charge in [-0.1, -0.05) is 38.1 Å². The number of fused-ring (bicyclic) bond motifs is 1. The van der Waals surface area contributed by atoms with E-state index in [9.17, 15) is 4.79 Å². The van der Waals surface area contributed by atoms with Gasteiger partial charge in [0.2, 0.25) is 0 Å². The maximum Gasteiger partial charge on any atom is 0.258 e. The van der Waals surface area contributed by atoms with Gasteiger partial charge in [0.25, 0.3) is 5.91 Å². The fourth-order valence-corrected chi connectivity index (χ4v) is 3.76. The van der Waals surface area contributed by atoms with Gasteiger partial charge in [-0.2, -0.15) is 0 Å². The van der Waals surface area contributed by atoms with E-state index < -0.39 is 5.66 Å². The van der Waals surface area contributed by atoms with Crippen LogP contribution in [-0.4, -0.2) is 17.4 Å². The molecule has 0 bridgehead atoms. The highest BCUT2D eigenvalue weighted by atomic mass is 16.5. The smallest absolute Gasteiger partial charge is 0.258 e. The van der Waals surface area contributed by atoms with E-state index in [0.717, 1.165) is 29.2 Å². The van der Waals surface area contributed by atoms with E-state index in [1.165, 1.54) is 0 Å². The number of carbonyl (C=O) groups excluding carboxylic acids is 1. The van der Waals surface area contributed by atoms with Crippen molar-refractivity contribution in [3.05, 3.63) is 83.8 Å². The Kier molecular flexibility index (Phi) is 5.53. The number of carbonyl (C=O) groups is 1. The van der Waals surface area contributed by atoms with Gasteiger partial charge in [-0.15, -0.1) is 0 Å². The molecule has 1 amide bonds. The summed E-state index contributed by atoms with van der Waals surface area (Å²) in [4.78, 5) is 15.2. The molecule has 5 heteroatoms. The topological polar surface area (TPSA) is 54.7 Å². The lowest BCUT2D eigenvalue weighted by Crippen LogP contribution is -2.55. The number of benzene rings is 2. The number of para-hydroxylation sites is 1. The van der Waals surface area contributed by atoms with Crippen molar-refractivity contribution >= 4 is 11.6 Å². The zero-order chi connectivity index (χ0) is 21.1. The molecule has 30 heavy (non-hydrogen) atoms. The Morgan fingerprint density at radius 1 is 1.07 bits per heavy atom. The van der Waals surface area contributed by atoms with E-state index in [4.69, 9.17) is 9.15 Å². The van der Waals surface area contributed by atoms with Crippen LogP contribution in [0.4, 0.5) is 5.69 Å². The van der Waals surface area contributed by atoms with Gasteiger partial charge < -0.3 is 19.4 Å². The molecule has 0 saturated carbocycles. The highest BCUT2D eigenvalue weighted by Crippen LogP contribution is 2.39. The number of hydrogen-bond donors (Lipinski definition) is 1. The number of nitrogens with zero attached hydrogens (tertiary/aromatic N) is 1. The Bertz CT molecular complexity index is 995. The first kappa shape index (κ1) is 20.1. The molecule has 1 atom stereocenters. The summed E-state index contributed by atoms with van der Waals surface area (Å²) in [6, 6.07) is 19.3. The van der Waals surface area contributed by atoms with E-state index >= 15 is 0 Å². The molecule has 1 unspecified atom stereocenters. The lowest BCUT2D eigenvalue weighted by Gasteiger charge is -2.46. The maximum atomic E-state index is 13.4. The Balaban J connectivity index is 1.65. The molecule has 3 aromatic rings. The summed E-state index contributed by atoms with van der Waals surface area (Å²) in [5.74, 6) is 2.16. The minimum absolute atomic E-state index is 0.0273. The molecule has 1 N–H and O–H groups in total. The molecular formula is C25H28N2O3. The predicted molar refractivity (Wildman–Crippen MR) is 117 cm³/mol. The lowest BCUT2D eigenvalue weighted by molar-refractivity contribution is 0.0487. The van der Waals surface area contributed by atoms with Gasteiger partial charge in [-0.3, -0.25) is 4.79 Å². The molecule has 2 aromatic carbocycles. The quantitative estimate of drug-likeness (QED) is 0.553. The Hall–Kier alpha value is -3.21. The predicted octanol–water partition coefficient (Wildman–Crippen LogP) is 5.65. The maximum absolute atomic E-state index is 13.4. The van der Waals surface area contributed by atoms with Crippen LogP contribution in [0.5, 0.6) is 5.75 Å². The summed E-state index contributed by atoms with van der Waals surface area (Å²) >= 11 is 0. The number of anilines is 1. The van der Waals surface area contributed by atoms with Crippen LogP contribution in [-0.2, 0) is 12.2 Å². The van der Waals surface area contributed by atoms with Crippen molar-refractivity contribution in [3.63, 3.8) is 0 Å². The molecule has 0 fully saturated rings. The van der Waals surface area contributed by atoms with E-state index in [1.54, 1.807) is 6.26 Å². The third-order valence-corrected chi connectivity index (χ3v) is 5.59. The zero-order valence-electron chi connectivity index (χ0n) is 17.7. The van der Waals surface area contributed by atoms with Crippen molar-refractivity contribution < 1.29 is 13.9 Å². The third kappa shape index (κ3) is 3.92. The molecule has 0 aliphatic carbocycles. The summed E-state index contributed by atoms with van der Waals surface area (Å²) in [5.41, 5.74) is 1.75. The van der Waals surface area contributed by atoms with Crippen molar-refractivity contribution in [1.29, 1.82) is 0 Å². The van der Waals surface area contributed by atoms with Gasteiger partial charge >= 0.3 is 0 Å². The average molecular weight is 405 g/mol. The minimum atomic E-state index is -0.727. The minimum Gasteiger partial charge on any atom is -0.494 e. The van der Waals surface area contributed by atoms with Crippen molar-refractivity contribution in [2.75, 3.05) is 11.9 Å². The van der Waals surface area contributed by atoms with Crippen LogP contribution in [0, 0.1) is 5.92 Å². The SMILES string of the molecule is CC(C)CCOc1ccc(C2(C)Nc3ccccc3C(=O)N2Cc2ccco2)cc1. The van der Waals surface area contributed by atoms with Crippen molar-refractivity contribution in [2.45, 2.75) is 39.4 Å². The third-order valence-electron chi connectivity index (χ3n) is 5.59. The van der Waals surface area contributed by atoms with Crippen LogP contribution in [0.25, 0.3) is 0 Å². The van der Waals surface area contributed by atoms with E-state index in [2.05, 4.69) is 19.2 Å². The van der Waals surface area contributed by atoms with Crippen LogP contribution < -0.4 is 10.1 Å². The van der Waals surface area contributed by atoms with Gasteiger partial charge in [0, 0.05) is 5.69 Å². The first-order valence-corrected chi connectivity index (χ1v) is 10.4. The summed E-state index contributed by atoms with van der Waals surface area (Å²) in [5, 5.41) is 3.58. The molecule has 2 heterocycles. The highest BCUT2D eigenvalue weighted by Gasteiger charge is 2.42. The fourth-order valence-electron chi connectivity index (χ4n) is 3.76. The largest absolute Gasteiger partial charge is 0.494 e. The average Bonchev–Trinajstić information content (AvgIpc) is 3.25. The van der Waals surface area contributed by atoms with Crippen LogP contribution >= 0.6 is 0 Å². The molecule has 0 saturated heterocycles. The Labute approximate surface area is 177 Å². The number of ether oxygens (including phenoxy) is 1. The molecule has 1 aromatic heterocycles. The first-order chi connectivity index (χ1) is 14.5. The molecule has 0 radical (unpaired) electrons. The standard InChI is InChI=1S/C25H28N2O3/c1-18(2)14-16-30-20-12-10-19(11-13-20)25(3)26-23-9-5-4-8-22(23)24(28)27(25)17-21-7-6-15-29-21/h4-13,15,18,26H,14,16-17H2,1-3H3. The number of nitrogens with one attached hydrogen (secondary N) is 1. The Morgan fingerprint density at radius 2 is 1.83 bits per heavy atom. The second-order valence-electron chi connectivity index (χ2n) is 8.27. The van der Waals surface area contributed by atoms with Gasteiger partial charge in [-0.05, 0) is 61.2 Å². The number of amides is 1. The highest BCUT2D eigenvalue weighted by molar-refractivity contribution is 6.02. The summed E-state index contributed by atoms with van der Waals surface area (Å²) in [6.45, 7) is 7.47. The number of rotatable bonds is 7. The lowest BCUT2D eigenvalue weighted by atomic mass is 9.93. The molecule has 1 aliphatic rings. The van der Waals surface area contributed by atoms with Crippen molar-refractivity contribution in [2.24, 2.45) is 5.92 Å². The van der Waals surface area contributed by atoms with E-state index in [1.807, 2.05) is 72.5 Å². The van der Waals surface area contributed by atoms with Crippen LogP contribution in [0.2, 0.25) is 0 Å². The molecule has 156 valence electrons. The summed E-state index contributed by atoms with van der Waals surface area (Å²) in [7, 11) is 0. The molecular weight excluding hydrogens is 376 g/mol. The van der Waals surface area contributed by atoms with E-state index in [-0.39, 0.29) is 5.91 Å². The van der Waals surface area contributed by atoms with Gasteiger partial charge in [-0.25, -0.2) is 0 Å². The van der Waals surface area contributed by atoms with E-state index in [0.29, 0.717) is 24.6 Å². The van der Waals surface area contributed by atoms with Crippen molar-refractivity contribution in [1.82, 2.24) is 4.90 Å². The molecule has 4 rings (SSSR count). The number of furan rings is 1. The summed E-state index contributed by atoms with van der Waals surface area (Å²) in [6.07, 6.45) is 2.65. The van der Waals surface area contributed by atoms with Gasteiger partial charge in [0.1, 0.15) is 17.2 Å².